The largest absolute Gasteiger partial charge is 0.369 e. The lowest BCUT2D eigenvalue weighted by Gasteiger charge is -2.02. The van der Waals surface area contributed by atoms with Crippen molar-refractivity contribution < 1.29 is 9.72 Å². The Hall–Kier alpha value is -1.43. The highest BCUT2D eigenvalue weighted by atomic mass is 79.9. The second-order valence-corrected chi connectivity index (χ2v) is 3.49. The van der Waals surface area contributed by atoms with Gasteiger partial charge in [-0.2, -0.15) is 0 Å². The van der Waals surface area contributed by atoms with Gasteiger partial charge in [0.25, 0.3) is 5.69 Å². The Kier molecular flexibility index (Phi) is 3.19. The molecule has 0 bridgehead atoms. The van der Waals surface area contributed by atoms with Gasteiger partial charge in [0.1, 0.15) is 0 Å². The summed E-state index contributed by atoms with van der Waals surface area (Å²) in [4.78, 5) is 20.7. The van der Waals surface area contributed by atoms with Crippen molar-refractivity contribution in [1.29, 1.82) is 0 Å². The lowest BCUT2D eigenvalue weighted by Crippen LogP contribution is -2.15. The molecule has 2 N–H and O–H groups in total. The van der Waals surface area contributed by atoms with Crippen LogP contribution in [0, 0.1) is 10.1 Å². The van der Waals surface area contributed by atoms with Crippen LogP contribution in [0.1, 0.15) is 5.56 Å². The smallest absolute Gasteiger partial charge is 0.274 e. The van der Waals surface area contributed by atoms with Gasteiger partial charge in [0, 0.05) is 10.5 Å². The maximum absolute atomic E-state index is 10.7. The highest BCUT2D eigenvalue weighted by molar-refractivity contribution is 9.10. The zero-order valence-electron chi connectivity index (χ0n) is 7.07. The number of primary amides is 1. The zero-order valence-corrected chi connectivity index (χ0v) is 8.65. The first-order valence-electron chi connectivity index (χ1n) is 3.72. The first-order chi connectivity index (χ1) is 6.52. The van der Waals surface area contributed by atoms with Crippen molar-refractivity contribution in [3.63, 3.8) is 0 Å². The topological polar surface area (TPSA) is 86.2 Å². The molecule has 1 aromatic rings. The number of benzene rings is 1. The first kappa shape index (κ1) is 10.6. The third-order valence-electron chi connectivity index (χ3n) is 1.64. The van der Waals surface area contributed by atoms with Gasteiger partial charge in [0.15, 0.2) is 0 Å². The molecule has 0 unspecified atom stereocenters. The third kappa shape index (κ3) is 2.29. The molecule has 0 heterocycles. The van der Waals surface area contributed by atoms with Crippen molar-refractivity contribution in [2.45, 2.75) is 6.42 Å². The van der Waals surface area contributed by atoms with E-state index in [2.05, 4.69) is 15.9 Å². The van der Waals surface area contributed by atoms with E-state index < -0.39 is 10.8 Å². The lowest BCUT2D eigenvalue weighted by molar-refractivity contribution is -0.385. The van der Waals surface area contributed by atoms with Crippen LogP contribution in [0.5, 0.6) is 0 Å². The Balaban J connectivity index is 3.22. The van der Waals surface area contributed by atoms with E-state index >= 15 is 0 Å². The molecule has 5 nitrogen and oxygen atoms in total. The van der Waals surface area contributed by atoms with Crippen molar-refractivity contribution in [2.75, 3.05) is 0 Å². The van der Waals surface area contributed by atoms with Crippen LogP contribution in [0.15, 0.2) is 22.7 Å². The molecule has 0 saturated carbocycles. The Labute approximate surface area is 88.2 Å². The molecule has 74 valence electrons. The molecular formula is C8H7BrN2O3. The average Bonchev–Trinajstić information content (AvgIpc) is 2.07. The van der Waals surface area contributed by atoms with Gasteiger partial charge in [-0.15, -0.1) is 0 Å². The quantitative estimate of drug-likeness (QED) is 0.657. The van der Waals surface area contributed by atoms with Crippen LogP contribution in [0.4, 0.5) is 5.69 Å². The van der Waals surface area contributed by atoms with Crippen LogP contribution in [0.25, 0.3) is 0 Å². The molecule has 1 amide bonds. The number of halogens is 1. The molecule has 0 aliphatic heterocycles. The summed E-state index contributed by atoms with van der Waals surface area (Å²) in [5.74, 6) is -0.597. The summed E-state index contributed by atoms with van der Waals surface area (Å²) in [6, 6.07) is 4.50. The van der Waals surface area contributed by atoms with E-state index in [9.17, 15) is 14.9 Å². The third-order valence-corrected chi connectivity index (χ3v) is 2.38. The van der Waals surface area contributed by atoms with Crippen molar-refractivity contribution >= 4 is 27.5 Å². The number of nitrogens with zero attached hydrogens (tertiary/aromatic N) is 1. The van der Waals surface area contributed by atoms with Gasteiger partial charge in [-0.1, -0.05) is 22.0 Å². The fourth-order valence-corrected chi connectivity index (χ4v) is 1.56. The van der Waals surface area contributed by atoms with Gasteiger partial charge >= 0.3 is 0 Å². The minimum Gasteiger partial charge on any atom is -0.369 e. The van der Waals surface area contributed by atoms with E-state index in [0.29, 0.717) is 10.0 Å². The number of nitro groups is 1. The second-order valence-electron chi connectivity index (χ2n) is 2.64. The van der Waals surface area contributed by atoms with Gasteiger partial charge in [0.2, 0.25) is 5.91 Å². The van der Waals surface area contributed by atoms with Gasteiger partial charge in [-0.05, 0) is 6.07 Å². The zero-order chi connectivity index (χ0) is 10.7. The van der Waals surface area contributed by atoms with Gasteiger partial charge in [-0.3, -0.25) is 14.9 Å². The summed E-state index contributed by atoms with van der Waals surface area (Å²) in [6.07, 6.45) is -0.141. The number of nitrogens with two attached hydrogens (primary N) is 1. The summed E-state index contributed by atoms with van der Waals surface area (Å²) in [6.45, 7) is 0. The molecule has 0 aliphatic carbocycles. The summed E-state index contributed by atoms with van der Waals surface area (Å²) < 4.78 is 0.519. The SMILES string of the molecule is NC(=O)Cc1c(Br)cccc1[N+](=O)[O-]. The van der Waals surface area contributed by atoms with E-state index in [1.54, 1.807) is 6.07 Å². The van der Waals surface area contributed by atoms with Crippen LogP contribution in [0.3, 0.4) is 0 Å². The van der Waals surface area contributed by atoms with E-state index in [0.717, 1.165) is 0 Å². The van der Waals surface area contributed by atoms with Crippen molar-refractivity contribution in [3.8, 4) is 0 Å². The van der Waals surface area contributed by atoms with Crippen molar-refractivity contribution in [1.82, 2.24) is 0 Å². The number of carbonyl (C=O) groups excluding carboxylic acids is 1. The number of hydrogen-bond acceptors (Lipinski definition) is 3. The summed E-state index contributed by atoms with van der Waals surface area (Å²) in [7, 11) is 0. The summed E-state index contributed by atoms with van der Waals surface area (Å²) in [5, 5.41) is 10.6. The fraction of sp³-hybridized carbons (Fsp3) is 0.125. The molecule has 1 rings (SSSR count). The number of amides is 1. The summed E-state index contributed by atoms with van der Waals surface area (Å²) >= 11 is 3.13. The number of nitro benzene ring substituents is 1. The van der Waals surface area contributed by atoms with Gasteiger partial charge in [-0.25, -0.2) is 0 Å². The minimum atomic E-state index is -0.597. The molecule has 0 atom stereocenters. The minimum absolute atomic E-state index is 0.0989. The van der Waals surface area contributed by atoms with E-state index in [1.807, 2.05) is 0 Å². The van der Waals surface area contributed by atoms with Gasteiger partial charge in [0.05, 0.1) is 16.9 Å². The predicted molar refractivity (Wildman–Crippen MR) is 53.7 cm³/mol. The van der Waals surface area contributed by atoms with Crippen molar-refractivity contribution in [3.05, 3.63) is 38.3 Å². The van der Waals surface area contributed by atoms with Crippen LogP contribution in [0.2, 0.25) is 0 Å². The van der Waals surface area contributed by atoms with E-state index in [1.165, 1.54) is 12.1 Å². The standard InChI is InChI=1S/C8H7BrN2O3/c9-6-2-1-3-7(11(13)14)5(6)4-8(10)12/h1-3H,4H2,(H2,10,12). The molecule has 0 fully saturated rings. The maximum Gasteiger partial charge on any atom is 0.274 e. The fourth-order valence-electron chi connectivity index (χ4n) is 1.07. The highest BCUT2D eigenvalue weighted by Crippen LogP contribution is 2.26. The van der Waals surface area contributed by atoms with E-state index in [-0.39, 0.29) is 12.1 Å². The molecule has 0 aromatic heterocycles. The molecule has 1 aromatic carbocycles. The van der Waals surface area contributed by atoms with Crippen LogP contribution >= 0.6 is 15.9 Å². The van der Waals surface area contributed by atoms with Crippen LogP contribution in [-0.4, -0.2) is 10.8 Å². The molecule has 0 aliphatic rings. The Morgan fingerprint density at radius 1 is 1.57 bits per heavy atom. The van der Waals surface area contributed by atoms with Crippen LogP contribution < -0.4 is 5.73 Å². The summed E-state index contributed by atoms with van der Waals surface area (Å²) in [5.41, 5.74) is 5.19. The Morgan fingerprint density at radius 3 is 2.71 bits per heavy atom. The first-order valence-corrected chi connectivity index (χ1v) is 4.51. The Bertz CT molecular complexity index is 392. The highest BCUT2D eigenvalue weighted by Gasteiger charge is 2.17. The number of hydrogen-bond donors (Lipinski definition) is 1. The number of carbonyl (C=O) groups is 1. The molecule has 6 heteroatoms. The second kappa shape index (κ2) is 4.19. The monoisotopic (exact) mass is 258 g/mol. The molecule has 14 heavy (non-hydrogen) atoms. The molecule has 0 spiro atoms. The van der Waals surface area contributed by atoms with Crippen LogP contribution in [-0.2, 0) is 11.2 Å². The lowest BCUT2D eigenvalue weighted by atomic mass is 10.1. The number of rotatable bonds is 3. The molecular weight excluding hydrogens is 252 g/mol. The average molecular weight is 259 g/mol. The predicted octanol–water partition coefficient (Wildman–Crippen LogP) is 1.39. The Morgan fingerprint density at radius 2 is 2.21 bits per heavy atom. The van der Waals surface area contributed by atoms with Gasteiger partial charge < -0.3 is 5.73 Å². The van der Waals surface area contributed by atoms with E-state index in [4.69, 9.17) is 5.73 Å². The van der Waals surface area contributed by atoms with Crippen molar-refractivity contribution in [2.24, 2.45) is 5.73 Å². The molecule has 0 saturated heterocycles. The normalized spacial score (nSPS) is 9.79. The molecule has 0 radical (unpaired) electrons. The maximum atomic E-state index is 10.7.